The van der Waals surface area contributed by atoms with Crippen LogP contribution in [0.3, 0.4) is 0 Å². The van der Waals surface area contributed by atoms with Crippen molar-refractivity contribution in [3.05, 3.63) is 41.4 Å². The van der Waals surface area contributed by atoms with E-state index in [0.29, 0.717) is 0 Å². The zero-order valence-corrected chi connectivity index (χ0v) is 15.1. The van der Waals surface area contributed by atoms with Crippen LogP contribution in [0.25, 0.3) is 5.57 Å². The molecule has 0 amide bonds. The quantitative estimate of drug-likeness (QED) is 0.439. The third kappa shape index (κ3) is 4.30. The number of benzene rings is 1. The minimum Gasteiger partial charge on any atom is -0.398 e. The number of terminal acetylenes is 1. The highest BCUT2D eigenvalue weighted by Gasteiger charge is 2.53. The first-order chi connectivity index (χ1) is 11.7. The van der Waals surface area contributed by atoms with Crippen LogP contribution in [-0.2, 0) is 14.0 Å². The molecule has 0 unspecified atom stereocenters. The van der Waals surface area contributed by atoms with Gasteiger partial charge in [0.25, 0.3) is 0 Å². The second-order valence-electron chi connectivity index (χ2n) is 6.90. The Morgan fingerprint density at radius 3 is 2.36 bits per heavy atom. The van der Waals surface area contributed by atoms with Crippen molar-refractivity contribution >= 4 is 12.7 Å². The molecule has 0 aliphatic carbocycles. The van der Waals surface area contributed by atoms with Crippen molar-refractivity contribution in [2.45, 2.75) is 45.3 Å². The highest BCUT2D eigenvalue weighted by molar-refractivity contribution is 6.55. The Balaban J connectivity index is 2.35. The monoisotopic (exact) mass is 348 g/mol. The van der Waals surface area contributed by atoms with Crippen molar-refractivity contribution in [2.24, 2.45) is 0 Å². The van der Waals surface area contributed by atoms with Gasteiger partial charge in [-0.05, 0) is 45.8 Å². The van der Waals surface area contributed by atoms with Gasteiger partial charge in [0.05, 0.1) is 17.8 Å². The third-order valence-corrected chi connectivity index (χ3v) is 4.63. The summed E-state index contributed by atoms with van der Waals surface area (Å²) in [6.07, 6.45) is 5.29. The summed E-state index contributed by atoms with van der Waals surface area (Å²) in [5, 5.41) is 0. The van der Waals surface area contributed by atoms with Gasteiger partial charge in [0.15, 0.2) is 0 Å². The molecule has 3 nitrogen and oxygen atoms in total. The van der Waals surface area contributed by atoms with Crippen LogP contribution in [0, 0.1) is 18.2 Å². The summed E-state index contributed by atoms with van der Waals surface area (Å²) < 4.78 is 46.1. The van der Waals surface area contributed by atoms with E-state index in [1.54, 1.807) is 12.1 Å². The summed E-state index contributed by atoms with van der Waals surface area (Å²) in [7, 11) is -1.19. The van der Waals surface area contributed by atoms with E-state index >= 15 is 4.39 Å². The van der Waals surface area contributed by atoms with Crippen LogP contribution in [0.2, 0.25) is 0 Å². The van der Waals surface area contributed by atoms with Gasteiger partial charge in [0.1, 0.15) is 18.2 Å². The molecular weight excluding hydrogens is 325 g/mol. The van der Waals surface area contributed by atoms with E-state index in [2.05, 4.69) is 5.92 Å². The molecule has 2 rings (SSSR count). The fourth-order valence-corrected chi connectivity index (χ4v) is 2.48. The summed E-state index contributed by atoms with van der Waals surface area (Å²) in [6.45, 7) is 7.61. The van der Waals surface area contributed by atoms with Gasteiger partial charge in [0, 0.05) is 5.56 Å². The predicted octanol–water partition coefficient (Wildman–Crippen LogP) is 4.18. The maximum Gasteiger partial charge on any atom is 0.525 e. The normalized spacial score (nSPS) is 19.5. The molecule has 1 aromatic carbocycles. The van der Waals surface area contributed by atoms with Gasteiger partial charge in [-0.3, -0.25) is 0 Å². The SMILES string of the molecule is C#CCOCCC(=C(F)B1OC(C)(C)C(C)(C)O1)c1ccccc1F. The zero-order chi connectivity index (χ0) is 18.7. The lowest BCUT2D eigenvalue weighted by Crippen LogP contribution is -2.41. The van der Waals surface area contributed by atoms with Crippen molar-refractivity contribution in [3.8, 4) is 12.3 Å². The van der Waals surface area contributed by atoms with Crippen molar-refractivity contribution in [1.29, 1.82) is 0 Å². The Bertz CT molecular complexity index is 676. The molecule has 0 aromatic heterocycles. The molecule has 1 heterocycles. The molecule has 0 atom stereocenters. The molecular formula is C19H23BF2O3. The molecule has 6 heteroatoms. The van der Waals surface area contributed by atoms with Gasteiger partial charge in [-0.1, -0.05) is 24.1 Å². The van der Waals surface area contributed by atoms with Crippen molar-refractivity contribution in [2.75, 3.05) is 13.2 Å². The topological polar surface area (TPSA) is 27.7 Å². The average molecular weight is 348 g/mol. The van der Waals surface area contributed by atoms with Crippen LogP contribution >= 0.6 is 0 Å². The number of hydrogen-bond donors (Lipinski definition) is 0. The van der Waals surface area contributed by atoms with Crippen LogP contribution in [0.5, 0.6) is 0 Å². The Morgan fingerprint density at radius 1 is 1.20 bits per heavy atom. The Hall–Kier alpha value is -1.68. The Kier molecular flexibility index (Phi) is 6.05. The van der Waals surface area contributed by atoms with Crippen LogP contribution in [0.4, 0.5) is 8.78 Å². The fourth-order valence-electron chi connectivity index (χ4n) is 2.48. The lowest BCUT2D eigenvalue weighted by Gasteiger charge is -2.32. The maximum atomic E-state index is 15.2. The first kappa shape index (κ1) is 19.6. The summed E-state index contributed by atoms with van der Waals surface area (Å²) in [5.41, 5.74) is -1.69. The van der Waals surface area contributed by atoms with E-state index in [1.165, 1.54) is 12.1 Å². The smallest absolute Gasteiger partial charge is 0.398 e. The summed E-state index contributed by atoms with van der Waals surface area (Å²) in [5.74, 6) is 1.83. The van der Waals surface area contributed by atoms with Gasteiger partial charge in [-0.15, -0.1) is 6.42 Å². The van der Waals surface area contributed by atoms with Crippen molar-refractivity contribution in [1.82, 2.24) is 0 Å². The molecule has 0 radical (unpaired) electrons. The van der Waals surface area contributed by atoms with E-state index in [9.17, 15) is 4.39 Å². The molecule has 0 N–H and O–H groups in total. The number of halogens is 2. The summed E-state index contributed by atoms with van der Waals surface area (Å²) in [6, 6.07) is 6.02. The first-order valence-corrected chi connectivity index (χ1v) is 8.20. The molecule has 0 spiro atoms. The molecule has 134 valence electrons. The van der Waals surface area contributed by atoms with Crippen LogP contribution in [0.15, 0.2) is 30.0 Å². The number of rotatable bonds is 6. The van der Waals surface area contributed by atoms with Gasteiger partial charge in [-0.2, -0.15) is 0 Å². The molecule has 1 aliphatic rings. The largest absolute Gasteiger partial charge is 0.525 e. The Labute approximate surface area is 148 Å². The number of hydrogen-bond acceptors (Lipinski definition) is 3. The highest BCUT2D eigenvalue weighted by Crippen LogP contribution is 2.40. The number of ether oxygens (including phenoxy) is 1. The summed E-state index contributed by atoms with van der Waals surface area (Å²) in [4.78, 5) is 0. The minimum absolute atomic E-state index is 0.114. The third-order valence-electron chi connectivity index (χ3n) is 4.63. The van der Waals surface area contributed by atoms with Gasteiger partial charge >= 0.3 is 7.12 Å². The average Bonchev–Trinajstić information content (AvgIpc) is 2.76. The van der Waals surface area contributed by atoms with E-state index in [-0.39, 0.29) is 30.8 Å². The van der Waals surface area contributed by atoms with Crippen LogP contribution in [0.1, 0.15) is 39.7 Å². The lowest BCUT2D eigenvalue weighted by molar-refractivity contribution is 0.00578. The first-order valence-electron chi connectivity index (χ1n) is 8.20. The maximum absolute atomic E-state index is 15.2. The van der Waals surface area contributed by atoms with Gasteiger partial charge in [-0.25, -0.2) is 8.78 Å². The van der Waals surface area contributed by atoms with E-state index in [1.807, 2.05) is 27.7 Å². The molecule has 0 saturated carbocycles. The van der Waals surface area contributed by atoms with E-state index in [4.69, 9.17) is 20.5 Å². The predicted molar refractivity (Wildman–Crippen MR) is 94.8 cm³/mol. The van der Waals surface area contributed by atoms with Crippen LogP contribution in [-0.4, -0.2) is 31.5 Å². The zero-order valence-electron chi connectivity index (χ0n) is 15.1. The van der Waals surface area contributed by atoms with Gasteiger partial charge in [0.2, 0.25) is 0 Å². The van der Waals surface area contributed by atoms with Crippen molar-refractivity contribution < 1.29 is 22.8 Å². The van der Waals surface area contributed by atoms with E-state index in [0.717, 1.165) is 0 Å². The molecule has 1 fully saturated rings. The summed E-state index contributed by atoms with van der Waals surface area (Å²) >= 11 is 0. The second kappa shape index (κ2) is 7.69. The van der Waals surface area contributed by atoms with Crippen molar-refractivity contribution in [3.63, 3.8) is 0 Å². The molecule has 0 bridgehead atoms. The van der Waals surface area contributed by atoms with Gasteiger partial charge < -0.3 is 14.0 Å². The standard InChI is InChI=1S/C19H23BF2O3/c1-6-12-23-13-11-15(14-9-7-8-10-16(14)21)17(22)20-24-18(2,3)19(4,5)25-20/h1,7-10H,11-13H2,2-5H3. The Morgan fingerprint density at radius 2 is 1.80 bits per heavy atom. The van der Waals surface area contributed by atoms with Crippen LogP contribution < -0.4 is 0 Å². The fraction of sp³-hybridized carbons (Fsp3) is 0.474. The van der Waals surface area contributed by atoms with E-state index < -0.39 is 29.9 Å². The highest BCUT2D eigenvalue weighted by atomic mass is 19.1. The lowest BCUT2D eigenvalue weighted by atomic mass is 9.81. The molecule has 1 aliphatic heterocycles. The molecule has 1 aromatic rings. The molecule has 1 saturated heterocycles. The second-order valence-corrected chi connectivity index (χ2v) is 6.90. The molecule has 25 heavy (non-hydrogen) atoms. The minimum atomic E-state index is -1.19.